The Morgan fingerprint density at radius 3 is 2.39 bits per heavy atom. The summed E-state index contributed by atoms with van der Waals surface area (Å²) in [4.78, 5) is 24.6. The van der Waals surface area contributed by atoms with Crippen LogP contribution < -0.4 is 4.74 Å². The van der Waals surface area contributed by atoms with Crippen molar-refractivity contribution in [3.05, 3.63) is 65.7 Å². The van der Waals surface area contributed by atoms with Gasteiger partial charge in [0.15, 0.2) is 5.54 Å². The Balaban J connectivity index is 1.78. The average Bonchev–Trinajstić information content (AvgIpc) is 3.09. The largest absolute Gasteiger partial charge is 0.489 e. The summed E-state index contributed by atoms with van der Waals surface area (Å²) in [6.07, 6.45) is -1.29. The van der Waals surface area contributed by atoms with Crippen LogP contribution in [-0.2, 0) is 11.4 Å². The van der Waals surface area contributed by atoms with Gasteiger partial charge in [-0.1, -0.05) is 42.5 Å². The highest BCUT2D eigenvalue weighted by Crippen LogP contribution is 2.45. The molecule has 2 aromatic carbocycles. The molecular formula is C21H20N2O5. The highest BCUT2D eigenvalue weighted by Gasteiger charge is 2.55. The highest BCUT2D eigenvalue weighted by molar-refractivity contribution is 5.85. The highest BCUT2D eigenvalue weighted by atomic mass is 16.5. The lowest BCUT2D eigenvalue weighted by Gasteiger charge is -2.34. The standard InChI is InChI=1S/C21H20N2O5/c22-13-12-21(19(24)25)11-10-18(23(21)20(26)27)16-6-8-17(9-7-16)28-14-15-4-2-1-3-5-15/h1-9,18H,10-12,14H2,(H,24,25)(H,26,27)/t18-,21-/m1/s1. The van der Waals surface area contributed by atoms with E-state index in [0.29, 0.717) is 24.3 Å². The smallest absolute Gasteiger partial charge is 0.408 e. The van der Waals surface area contributed by atoms with E-state index >= 15 is 0 Å². The molecule has 28 heavy (non-hydrogen) atoms. The molecule has 0 saturated carbocycles. The Hall–Kier alpha value is -3.53. The summed E-state index contributed by atoms with van der Waals surface area (Å²) in [6.45, 7) is 0.412. The van der Waals surface area contributed by atoms with Crippen LogP contribution in [0.25, 0.3) is 0 Å². The van der Waals surface area contributed by atoms with Crippen LogP contribution in [0.1, 0.15) is 36.4 Å². The van der Waals surface area contributed by atoms with Gasteiger partial charge in [-0.3, -0.25) is 4.90 Å². The van der Waals surface area contributed by atoms with Crippen molar-refractivity contribution in [2.75, 3.05) is 0 Å². The third-order valence-corrected chi connectivity index (χ3v) is 5.09. The predicted molar refractivity (Wildman–Crippen MR) is 99.7 cm³/mol. The summed E-state index contributed by atoms with van der Waals surface area (Å²) in [5.41, 5.74) is -0.00836. The maximum absolute atomic E-state index is 11.8. The van der Waals surface area contributed by atoms with Crippen molar-refractivity contribution in [3.8, 4) is 11.8 Å². The maximum atomic E-state index is 11.8. The van der Waals surface area contributed by atoms with E-state index in [1.807, 2.05) is 36.4 Å². The Labute approximate surface area is 162 Å². The first-order chi connectivity index (χ1) is 13.5. The summed E-state index contributed by atoms with van der Waals surface area (Å²) in [7, 11) is 0. The number of hydrogen-bond acceptors (Lipinski definition) is 4. The van der Waals surface area contributed by atoms with Crippen LogP contribution in [0.4, 0.5) is 4.79 Å². The molecule has 0 spiro atoms. The lowest BCUT2D eigenvalue weighted by Crippen LogP contribution is -2.53. The summed E-state index contributed by atoms with van der Waals surface area (Å²) >= 11 is 0. The Kier molecular flexibility index (Phi) is 5.50. The van der Waals surface area contributed by atoms with Crippen LogP contribution in [0, 0.1) is 11.3 Å². The fourth-order valence-electron chi connectivity index (χ4n) is 3.67. The van der Waals surface area contributed by atoms with Crippen molar-refractivity contribution in [1.82, 2.24) is 4.90 Å². The number of ether oxygens (including phenoxy) is 1. The molecule has 0 bridgehead atoms. The number of carboxylic acid groups (broad SMARTS) is 2. The number of rotatable bonds is 6. The van der Waals surface area contributed by atoms with Crippen molar-refractivity contribution in [2.24, 2.45) is 0 Å². The molecule has 144 valence electrons. The number of benzene rings is 2. The van der Waals surface area contributed by atoms with Crippen LogP contribution in [-0.4, -0.2) is 32.7 Å². The van der Waals surface area contributed by atoms with Gasteiger partial charge in [0.2, 0.25) is 0 Å². The van der Waals surface area contributed by atoms with Gasteiger partial charge >= 0.3 is 12.1 Å². The number of likely N-dealkylation sites (tertiary alicyclic amines) is 1. The van der Waals surface area contributed by atoms with Gasteiger partial charge in [-0.25, -0.2) is 9.59 Å². The number of aliphatic carboxylic acids is 1. The van der Waals surface area contributed by atoms with Gasteiger partial charge < -0.3 is 14.9 Å². The van der Waals surface area contributed by atoms with E-state index in [2.05, 4.69) is 0 Å². The second-order valence-electron chi connectivity index (χ2n) is 6.72. The Morgan fingerprint density at radius 1 is 1.14 bits per heavy atom. The number of carboxylic acids is 1. The molecule has 7 nitrogen and oxygen atoms in total. The van der Waals surface area contributed by atoms with Crippen molar-refractivity contribution in [2.45, 2.75) is 37.5 Å². The molecule has 1 aliphatic rings. The zero-order valence-corrected chi connectivity index (χ0v) is 15.1. The van der Waals surface area contributed by atoms with Gasteiger partial charge in [0, 0.05) is 0 Å². The molecule has 2 N–H and O–H groups in total. The minimum absolute atomic E-state index is 0.0963. The molecule has 1 amide bonds. The van der Waals surface area contributed by atoms with Gasteiger partial charge in [0.05, 0.1) is 18.5 Å². The summed E-state index contributed by atoms with van der Waals surface area (Å²) < 4.78 is 5.73. The van der Waals surface area contributed by atoms with E-state index in [9.17, 15) is 19.8 Å². The van der Waals surface area contributed by atoms with Crippen molar-refractivity contribution in [1.29, 1.82) is 5.26 Å². The molecule has 2 aromatic rings. The maximum Gasteiger partial charge on any atom is 0.408 e. The van der Waals surface area contributed by atoms with Crippen LogP contribution in [0.3, 0.4) is 0 Å². The minimum Gasteiger partial charge on any atom is -0.489 e. The third-order valence-electron chi connectivity index (χ3n) is 5.09. The monoisotopic (exact) mass is 380 g/mol. The number of nitrogens with zero attached hydrogens (tertiary/aromatic N) is 2. The molecule has 3 rings (SSSR count). The van der Waals surface area contributed by atoms with E-state index < -0.39 is 23.6 Å². The fourth-order valence-corrected chi connectivity index (χ4v) is 3.67. The molecule has 1 heterocycles. The second-order valence-corrected chi connectivity index (χ2v) is 6.72. The first kappa shape index (κ1) is 19.2. The zero-order chi connectivity index (χ0) is 20.1. The van der Waals surface area contributed by atoms with Gasteiger partial charge in [-0.2, -0.15) is 5.26 Å². The molecule has 0 radical (unpaired) electrons. The van der Waals surface area contributed by atoms with E-state index in [-0.39, 0.29) is 12.8 Å². The quantitative estimate of drug-likeness (QED) is 0.788. The van der Waals surface area contributed by atoms with Crippen molar-refractivity contribution < 1.29 is 24.5 Å². The molecule has 0 aromatic heterocycles. The van der Waals surface area contributed by atoms with Crippen LogP contribution in [0.5, 0.6) is 5.75 Å². The molecular weight excluding hydrogens is 360 g/mol. The van der Waals surface area contributed by atoms with E-state index in [0.717, 1.165) is 10.5 Å². The molecule has 7 heteroatoms. The minimum atomic E-state index is -1.71. The molecule has 1 fully saturated rings. The predicted octanol–water partition coefficient (Wildman–Crippen LogP) is 3.82. The first-order valence-electron chi connectivity index (χ1n) is 8.87. The number of hydrogen-bond donors (Lipinski definition) is 2. The van der Waals surface area contributed by atoms with Crippen molar-refractivity contribution in [3.63, 3.8) is 0 Å². The normalized spacial score (nSPS) is 21.1. The molecule has 0 aliphatic carbocycles. The number of nitriles is 1. The molecule has 0 unspecified atom stereocenters. The van der Waals surface area contributed by atoms with E-state index in [1.54, 1.807) is 24.3 Å². The summed E-state index contributed by atoms with van der Waals surface area (Å²) in [6, 6.07) is 17.9. The fraction of sp³-hybridized carbons (Fsp3) is 0.286. The van der Waals surface area contributed by atoms with E-state index in [1.165, 1.54) is 0 Å². The lowest BCUT2D eigenvalue weighted by molar-refractivity contribution is -0.149. The third kappa shape index (κ3) is 3.62. The molecule has 1 saturated heterocycles. The Bertz CT molecular complexity index is 891. The second kappa shape index (κ2) is 8.01. The Morgan fingerprint density at radius 2 is 1.82 bits per heavy atom. The van der Waals surface area contributed by atoms with Crippen molar-refractivity contribution >= 4 is 12.1 Å². The van der Waals surface area contributed by atoms with Gasteiger partial charge in [0.25, 0.3) is 0 Å². The zero-order valence-electron chi connectivity index (χ0n) is 15.1. The van der Waals surface area contributed by atoms with Crippen LogP contribution in [0.2, 0.25) is 0 Å². The van der Waals surface area contributed by atoms with Crippen LogP contribution >= 0.6 is 0 Å². The van der Waals surface area contributed by atoms with Crippen LogP contribution in [0.15, 0.2) is 54.6 Å². The van der Waals surface area contributed by atoms with Gasteiger partial charge in [0.1, 0.15) is 12.4 Å². The topological polar surface area (TPSA) is 111 Å². The lowest BCUT2D eigenvalue weighted by atomic mass is 9.93. The van der Waals surface area contributed by atoms with E-state index in [4.69, 9.17) is 10.00 Å². The molecule has 1 aliphatic heterocycles. The first-order valence-corrected chi connectivity index (χ1v) is 8.87. The molecule has 2 atom stereocenters. The average molecular weight is 380 g/mol. The SMILES string of the molecule is N#CC[C@@]1(C(=O)O)CC[C@H](c2ccc(OCc3ccccc3)cc2)N1C(=O)O. The van der Waals surface area contributed by atoms with Gasteiger partial charge in [-0.05, 0) is 36.1 Å². The number of amides is 1. The number of carbonyl (C=O) groups is 2. The summed E-state index contributed by atoms with van der Waals surface area (Å²) in [5, 5.41) is 28.3. The summed E-state index contributed by atoms with van der Waals surface area (Å²) in [5.74, 6) is -0.657. The van der Waals surface area contributed by atoms with Gasteiger partial charge in [-0.15, -0.1) is 0 Å².